The van der Waals surface area contributed by atoms with Gasteiger partial charge in [-0.15, -0.1) is 0 Å². The van der Waals surface area contributed by atoms with Crippen LogP contribution in [0.4, 0.5) is 0 Å². The second-order valence-electron chi connectivity index (χ2n) is 5.19. The summed E-state index contributed by atoms with van der Waals surface area (Å²) < 4.78 is 4.84. The van der Waals surface area contributed by atoms with Crippen molar-refractivity contribution in [1.82, 2.24) is 20.3 Å². The molecule has 6 nitrogen and oxygen atoms in total. The van der Waals surface area contributed by atoms with Gasteiger partial charge in [0.25, 0.3) is 0 Å². The maximum absolute atomic E-state index is 4.84. The fourth-order valence-corrected chi connectivity index (χ4v) is 2.45. The SMILES string of the molecule is CN=C(NCC1CCN(C)C1)N(C)Cc1ccon1. The van der Waals surface area contributed by atoms with Crippen molar-refractivity contribution in [2.45, 2.75) is 13.0 Å². The summed E-state index contributed by atoms with van der Waals surface area (Å²) in [5.41, 5.74) is 0.908. The Morgan fingerprint density at radius 3 is 3.11 bits per heavy atom. The summed E-state index contributed by atoms with van der Waals surface area (Å²) in [6.45, 7) is 4.03. The predicted octanol–water partition coefficient (Wildman–Crippen LogP) is 0.634. The molecule has 0 saturated carbocycles. The van der Waals surface area contributed by atoms with Crippen LogP contribution in [-0.4, -0.2) is 61.7 Å². The quantitative estimate of drug-likeness (QED) is 0.639. The fraction of sp³-hybridized carbons (Fsp3) is 0.692. The lowest BCUT2D eigenvalue weighted by Crippen LogP contribution is -2.41. The maximum Gasteiger partial charge on any atom is 0.193 e. The molecule has 1 aromatic rings. The molecule has 2 rings (SSSR count). The number of guanidine groups is 1. The van der Waals surface area contributed by atoms with Crippen LogP contribution in [0.15, 0.2) is 21.8 Å². The Hall–Kier alpha value is -1.56. The molecule has 0 amide bonds. The van der Waals surface area contributed by atoms with Crippen molar-refractivity contribution in [3.8, 4) is 0 Å². The zero-order valence-corrected chi connectivity index (χ0v) is 12.0. The summed E-state index contributed by atoms with van der Waals surface area (Å²) >= 11 is 0. The zero-order chi connectivity index (χ0) is 13.7. The minimum absolute atomic E-state index is 0.695. The number of aliphatic imine (C=N–C) groups is 1. The van der Waals surface area contributed by atoms with Gasteiger partial charge in [-0.1, -0.05) is 5.16 Å². The average Bonchev–Trinajstić information content (AvgIpc) is 3.02. The number of nitrogens with one attached hydrogen (secondary N) is 1. The molecule has 2 heterocycles. The molecular formula is C13H23N5O. The first-order valence-electron chi connectivity index (χ1n) is 6.68. The third-order valence-electron chi connectivity index (χ3n) is 3.50. The molecule has 0 aromatic carbocycles. The number of likely N-dealkylation sites (tertiary alicyclic amines) is 1. The van der Waals surface area contributed by atoms with Gasteiger partial charge in [-0.3, -0.25) is 4.99 Å². The van der Waals surface area contributed by atoms with E-state index in [2.05, 4.69) is 32.3 Å². The largest absolute Gasteiger partial charge is 0.364 e. The maximum atomic E-state index is 4.84. The summed E-state index contributed by atoms with van der Waals surface area (Å²) in [5, 5.41) is 7.35. The highest BCUT2D eigenvalue weighted by molar-refractivity contribution is 5.79. The van der Waals surface area contributed by atoms with Crippen LogP contribution in [0.3, 0.4) is 0 Å². The Morgan fingerprint density at radius 2 is 2.53 bits per heavy atom. The highest BCUT2D eigenvalue weighted by Gasteiger charge is 2.20. The molecule has 106 valence electrons. The van der Waals surface area contributed by atoms with E-state index in [1.54, 1.807) is 6.26 Å². The number of hydrogen-bond donors (Lipinski definition) is 1. The third-order valence-corrected chi connectivity index (χ3v) is 3.50. The minimum Gasteiger partial charge on any atom is -0.364 e. The van der Waals surface area contributed by atoms with Crippen LogP contribution < -0.4 is 5.32 Å². The molecule has 1 N–H and O–H groups in total. The molecule has 0 aliphatic carbocycles. The van der Waals surface area contributed by atoms with Gasteiger partial charge in [0.05, 0.1) is 6.54 Å². The number of nitrogens with zero attached hydrogens (tertiary/aromatic N) is 4. The third kappa shape index (κ3) is 3.96. The Kier molecular flexibility index (Phi) is 4.79. The van der Waals surface area contributed by atoms with Crippen LogP contribution in [0.25, 0.3) is 0 Å². The van der Waals surface area contributed by atoms with Crippen molar-refractivity contribution in [1.29, 1.82) is 0 Å². The van der Waals surface area contributed by atoms with Gasteiger partial charge in [0, 0.05) is 33.3 Å². The van der Waals surface area contributed by atoms with Gasteiger partial charge >= 0.3 is 0 Å². The van der Waals surface area contributed by atoms with E-state index in [4.69, 9.17) is 4.52 Å². The van der Waals surface area contributed by atoms with E-state index in [1.807, 2.05) is 20.2 Å². The Labute approximate surface area is 114 Å². The van der Waals surface area contributed by atoms with Crippen molar-refractivity contribution >= 4 is 5.96 Å². The van der Waals surface area contributed by atoms with E-state index in [9.17, 15) is 0 Å². The van der Waals surface area contributed by atoms with Crippen LogP contribution >= 0.6 is 0 Å². The van der Waals surface area contributed by atoms with E-state index in [0.29, 0.717) is 12.5 Å². The summed E-state index contributed by atoms with van der Waals surface area (Å²) in [7, 11) is 5.98. The Balaban J connectivity index is 1.79. The van der Waals surface area contributed by atoms with Gasteiger partial charge in [-0.25, -0.2) is 0 Å². The lowest BCUT2D eigenvalue weighted by molar-refractivity contribution is 0.383. The molecular weight excluding hydrogens is 242 g/mol. The van der Waals surface area contributed by atoms with Crippen LogP contribution in [0.1, 0.15) is 12.1 Å². The van der Waals surface area contributed by atoms with Gasteiger partial charge in [-0.2, -0.15) is 0 Å². The van der Waals surface area contributed by atoms with Crippen molar-refractivity contribution in [3.05, 3.63) is 18.0 Å². The summed E-state index contributed by atoms with van der Waals surface area (Å²) in [6, 6.07) is 1.87. The molecule has 6 heteroatoms. The van der Waals surface area contributed by atoms with Crippen LogP contribution in [0.2, 0.25) is 0 Å². The number of hydrogen-bond acceptors (Lipinski definition) is 4. The second kappa shape index (κ2) is 6.56. The zero-order valence-electron chi connectivity index (χ0n) is 12.0. The number of aromatic nitrogens is 1. The van der Waals surface area contributed by atoms with Crippen molar-refractivity contribution in [2.24, 2.45) is 10.9 Å². The molecule has 1 aromatic heterocycles. The van der Waals surface area contributed by atoms with E-state index in [-0.39, 0.29) is 0 Å². The van der Waals surface area contributed by atoms with Gasteiger partial charge in [0.2, 0.25) is 0 Å². The highest BCUT2D eigenvalue weighted by atomic mass is 16.5. The smallest absolute Gasteiger partial charge is 0.193 e. The highest BCUT2D eigenvalue weighted by Crippen LogP contribution is 2.13. The molecule has 19 heavy (non-hydrogen) atoms. The monoisotopic (exact) mass is 265 g/mol. The average molecular weight is 265 g/mol. The van der Waals surface area contributed by atoms with E-state index >= 15 is 0 Å². The van der Waals surface area contributed by atoms with Crippen LogP contribution in [-0.2, 0) is 6.54 Å². The predicted molar refractivity (Wildman–Crippen MR) is 74.9 cm³/mol. The van der Waals surface area contributed by atoms with Gasteiger partial charge in [0.15, 0.2) is 5.96 Å². The van der Waals surface area contributed by atoms with Crippen molar-refractivity contribution < 1.29 is 4.52 Å². The van der Waals surface area contributed by atoms with Gasteiger partial charge in [-0.05, 0) is 25.9 Å². The minimum atomic E-state index is 0.695. The van der Waals surface area contributed by atoms with E-state index in [1.165, 1.54) is 13.0 Å². The molecule has 1 saturated heterocycles. The molecule has 1 atom stereocenters. The van der Waals surface area contributed by atoms with Crippen molar-refractivity contribution in [3.63, 3.8) is 0 Å². The molecule has 1 fully saturated rings. The fourth-order valence-electron chi connectivity index (χ4n) is 2.45. The molecule has 1 aliphatic rings. The van der Waals surface area contributed by atoms with Crippen LogP contribution in [0.5, 0.6) is 0 Å². The molecule has 1 unspecified atom stereocenters. The Morgan fingerprint density at radius 1 is 1.68 bits per heavy atom. The first kappa shape index (κ1) is 13.9. The molecule has 0 bridgehead atoms. The summed E-state index contributed by atoms with van der Waals surface area (Å²) in [6.07, 6.45) is 2.85. The first-order chi connectivity index (χ1) is 9.19. The number of rotatable bonds is 4. The van der Waals surface area contributed by atoms with Crippen LogP contribution in [0, 0.1) is 5.92 Å². The first-order valence-corrected chi connectivity index (χ1v) is 6.68. The van der Waals surface area contributed by atoms with Gasteiger partial charge in [0.1, 0.15) is 12.0 Å². The van der Waals surface area contributed by atoms with E-state index in [0.717, 1.165) is 24.7 Å². The standard InChI is InChI=1S/C13H23N5O/c1-14-13(15-8-11-4-6-17(2)9-11)18(3)10-12-5-7-19-16-12/h5,7,11H,4,6,8-10H2,1-3H3,(H,14,15). The lowest BCUT2D eigenvalue weighted by Gasteiger charge is -2.22. The van der Waals surface area contributed by atoms with Crippen molar-refractivity contribution in [2.75, 3.05) is 40.8 Å². The summed E-state index contributed by atoms with van der Waals surface area (Å²) in [4.78, 5) is 8.73. The topological polar surface area (TPSA) is 56.9 Å². The Bertz CT molecular complexity index is 403. The van der Waals surface area contributed by atoms with E-state index < -0.39 is 0 Å². The van der Waals surface area contributed by atoms with Gasteiger partial charge < -0.3 is 19.6 Å². The lowest BCUT2D eigenvalue weighted by atomic mass is 10.1. The molecule has 0 spiro atoms. The normalized spacial score (nSPS) is 20.8. The molecule has 0 radical (unpaired) electrons. The molecule has 1 aliphatic heterocycles. The second-order valence-corrected chi connectivity index (χ2v) is 5.19. The summed E-state index contributed by atoms with van der Waals surface area (Å²) in [5.74, 6) is 1.61.